The van der Waals surface area contributed by atoms with Crippen molar-refractivity contribution in [2.45, 2.75) is 20.0 Å². The van der Waals surface area contributed by atoms with Crippen LogP contribution >= 0.6 is 27.3 Å². The highest BCUT2D eigenvalue weighted by Gasteiger charge is 2.10. The van der Waals surface area contributed by atoms with Gasteiger partial charge in [-0.05, 0) is 35.0 Å². The Labute approximate surface area is 149 Å². The second kappa shape index (κ2) is 8.26. The Morgan fingerprint density at radius 1 is 1.52 bits per heavy atom. The molecule has 0 spiro atoms. The van der Waals surface area contributed by atoms with E-state index in [1.807, 2.05) is 31.7 Å². The Hall–Kier alpha value is -1.67. The van der Waals surface area contributed by atoms with Crippen molar-refractivity contribution in [2.75, 3.05) is 13.6 Å². The molecule has 2 rings (SSSR count). The van der Waals surface area contributed by atoms with Crippen LogP contribution in [0.25, 0.3) is 0 Å². The van der Waals surface area contributed by atoms with Crippen molar-refractivity contribution in [3.05, 3.63) is 45.1 Å². The molecule has 0 amide bonds. The van der Waals surface area contributed by atoms with Crippen LogP contribution in [0.4, 0.5) is 0 Å². The number of aromatic nitrogens is 3. The Balaban J connectivity index is 2.09. The van der Waals surface area contributed by atoms with Crippen molar-refractivity contribution in [1.82, 2.24) is 25.0 Å². The summed E-state index contributed by atoms with van der Waals surface area (Å²) in [6, 6.07) is 4.17. The molecule has 0 aromatic carbocycles. The van der Waals surface area contributed by atoms with Crippen LogP contribution in [0, 0.1) is 6.92 Å². The molecule has 2 heterocycles. The first-order chi connectivity index (χ1) is 11.0. The van der Waals surface area contributed by atoms with Crippen LogP contribution in [0.1, 0.15) is 16.5 Å². The second-order valence-electron chi connectivity index (χ2n) is 5.09. The van der Waals surface area contributed by atoms with E-state index in [2.05, 4.69) is 60.0 Å². The van der Waals surface area contributed by atoms with Crippen LogP contribution in [0.3, 0.4) is 0 Å². The molecule has 6 nitrogen and oxygen atoms in total. The van der Waals surface area contributed by atoms with Gasteiger partial charge in [0.25, 0.3) is 0 Å². The molecule has 2 aromatic heterocycles. The van der Waals surface area contributed by atoms with Crippen molar-refractivity contribution < 1.29 is 0 Å². The fraction of sp³-hybridized carbons (Fsp3) is 0.400. The van der Waals surface area contributed by atoms with Gasteiger partial charge in [-0.15, -0.1) is 28.1 Å². The maximum Gasteiger partial charge on any atom is 0.194 e. The van der Waals surface area contributed by atoms with Crippen LogP contribution in [-0.4, -0.2) is 39.2 Å². The average molecular weight is 397 g/mol. The molecule has 8 heteroatoms. The third kappa shape index (κ3) is 4.90. The molecule has 0 aliphatic heterocycles. The predicted molar refractivity (Wildman–Crippen MR) is 98.6 cm³/mol. The third-order valence-corrected chi connectivity index (χ3v) is 4.95. The van der Waals surface area contributed by atoms with Gasteiger partial charge in [-0.1, -0.05) is 6.08 Å². The van der Waals surface area contributed by atoms with E-state index in [-0.39, 0.29) is 0 Å². The molecule has 0 radical (unpaired) electrons. The van der Waals surface area contributed by atoms with E-state index in [1.165, 1.54) is 4.88 Å². The lowest BCUT2D eigenvalue weighted by molar-refractivity contribution is 0.482. The summed E-state index contributed by atoms with van der Waals surface area (Å²) in [6.07, 6.45) is 1.82. The van der Waals surface area contributed by atoms with Crippen LogP contribution in [0.15, 0.2) is 33.6 Å². The molecule has 0 saturated carbocycles. The molecular weight excluding hydrogens is 376 g/mol. The molecule has 0 aliphatic rings. The summed E-state index contributed by atoms with van der Waals surface area (Å²) in [5, 5.41) is 11.5. The predicted octanol–water partition coefficient (Wildman–Crippen LogP) is 2.71. The SMILES string of the molecule is C=CCNC(=NCc1nnc(C)n1C)N(C)Cc1ccc(Br)s1. The Morgan fingerprint density at radius 2 is 2.30 bits per heavy atom. The molecule has 0 bridgehead atoms. The largest absolute Gasteiger partial charge is 0.353 e. The summed E-state index contributed by atoms with van der Waals surface area (Å²) < 4.78 is 3.08. The summed E-state index contributed by atoms with van der Waals surface area (Å²) in [5.74, 6) is 2.54. The van der Waals surface area contributed by atoms with Crippen molar-refractivity contribution >= 4 is 33.2 Å². The van der Waals surface area contributed by atoms with Crippen molar-refractivity contribution in [2.24, 2.45) is 12.0 Å². The zero-order valence-corrected chi connectivity index (χ0v) is 16.0. The number of aliphatic imine (C=N–C) groups is 1. The van der Waals surface area contributed by atoms with E-state index in [9.17, 15) is 0 Å². The summed E-state index contributed by atoms with van der Waals surface area (Å²) in [4.78, 5) is 8.02. The van der Waals surface area contributed by atoms with E-state index in [1.54, 1.807) is 11.3 Å². The van der Waals surface area contributed by atoms with Crippen molar-refractivity contribution in [3.8, 4) is 0 Å². The van der Waals surface area contributed by atoms with Crippen LogP contribution in [0.2, 0.25) is 0 Å². The van der Waals surface area contributed by atoms with Gasteiger partial charge in [0.05, 0.1) is 10.3 Å². The first-order valence-corrected chi connectivity index (χ1v) is 8.81. The Kier molecular flexibility index (Phi) is 6.35. The highest BCUT2D eigenvalue weighted by Crippen LogP contribution is 2.23. The van der Waals surface area contributed by atoms with Crippen LogP contribution in [0.5, 0.6) is 0 Å². The Bertz CT molecular complexity index is 690. The standard InChI is InChI=1S/C15H21BrN6S/c1-5-8-17-15(18-9-14-20-19-11(2)22(14)4)21(3)10-12-6-7-13(16)23-12/h5-7H,1,8-10H2,2-4H3,(H,17,18). The molecule has 0 atom stereocenters. The van der Waals surface area contributed by atoms with Gasteiger partial charge in [0.1, 0.15) is 12.4 Å². The maximum absolute atomic E-state index is 4.66. The van der Waals surface area contributed by atoms with Crippen LogP contribution in [-0.2, 0) is 20.1 Å². The minimum Gasteiger partial charge on any atom is -0.353 e. The number of nitrogens with zero attached hydrogens (tertiary/aromatic N) is 5. The third-order valence-electron chi connectivity index (χ3n) is 3.34. The number of thiophene rings is 1. The summed E-state index contributed by atoms with van der Waals surface area (Å²) in [5.41, 5.74) is 0. The number of rotatable bonds is 6. The minimum atomic E-state index is 0.481. The highest BCUT2D eigenvalue weighted by molar-refractivity contribution is 9.11. The first-order valence-electron chi connectivity index (χ1n) is 7.20. The fourth-order valence-electron chi connectivity index (χ4n) is 1.95. The zero-order chi connectivity index (χ0) is 16.8. The van der Waals surface area contributed by atoms with E-state index in [0.717, 1.165) is 27.9 Å². The lowest BCUT2D eigenvalue weighted by Crippen LogP contribution is -2.38. The van der Waals surface area contributed by atoms with Gasteiger partial charge in [0, 0.05) is 25.5 Å². The van der Waals surface area contributed by atoms with E-state index >= 15 is 0 Å². The molecule has 0 unspecified atom stereocenters. The van der Waals surface area contributed by atoms with Gasteiger partial charge < -0.3 is 14.8 Å². The smallest absolute Gasteiger partial charge is 0.194 e. The van der Waals surface area contributed by atoms with Gasteiger partial charge in [-0.2, -0.15) is 0 Å². The average Bonchev–Trinajstić information content (AvgIpc) is 3.07. The van der Waals surface area contributed by atoms with Crippen molar-refractivity contribution in [1.29, 1.82) is 0 Å². The number of hydrogen-bond acceptors (Lipinski definition) is 4. The fourth-order valence-corrected chi connectivity index (χ4v) is 3.49. The normalized spacial score (nSPS) is 11.6. The maximum atomic E-state index is 4.66. The molecule has 0 aliphatic carbocycles. The second-order valence-corrected chi connectivity index (χ2v) is 7.64. The lowest BCUT2D eigenvalue weighted by Gasteiger charge is -2.21. The number of halogens is 1. The topological polar surface area (TPSA) is 58.3 Å². The van der Waals surface area contributed by atoms with E-state index in [0.29, 0.717) is 13.1 Å². The quantitative estimate of drug-likeness (QED) is 0.463. The number of hydrogen-bond donors (Lipinski definition) is 1. The molecule has 1 N–H and O–H groups in total. The van der Waals surface area contributed by atoms with Gasteiger partial charge in [-0.3, -0.25) is 0 Å². The summed E-state index contributed by atoms with van der Waals surface area (Å²) in [7, 11) is 3.97. The summed E-state index contributed by atoms with van der Waals surface area (Å²) >= 11 is 5.22. The van der Waals surface area contributed by atoms with Gasteiger partial charge >= 0.3 is 0 Å². The number of guanidine groups is 1. The van der Waals surface area contributed by atoms with Gasteiger partial charge in [0.2, 0.25) is 0 Å². The molecule has 2 aromatic rings. The molecule has 124 valence electrons. The molecular formula is C15H21BrN6S. The molecule has 0 fully saturated rings. The minimum absolute atomic E-state index is 0.481. The Morgan fingerprint density at radius 3 is 2.87 bits per heavy atom. The first kappa shape index (κ1) is 17.7. The van der Waals surface area contributed by atoms with E-state index < -0.39 is 0 Å². The molecule has 0 saturated heterocycles. The number of aryl methyl sites for hydroxylation is 1. The molecule has 23 heavy (non-hydrogen) atoms. The van der Waals surface area contributed by atoms with Crippen molar-refractivity contribution in [3.63, 3.8) is 0 Å². The summed E-state index contributed by atoms with van der Waals surface area (Å²) in [6.45, 7) is 7.61. The van der Waals surface area contributed by atoms with Gasteiger partial charge in [-0.25, -0.2) is 4.99 Å². The monoisotopic (exact) mass is 396 g/mol. The zero-order valence-electron chi connectivity index (χ0n) is 13.6. The van der Waals surface area contributed by atoms with Crippen LogP contribution < -0.4 is 5.32 Å². The van der Waals surface area contributed by atoms with E-state index in [4.69, 9.17) is 0 Å². The number of nitrogens with one attached hydrogen (secondary N) is 1. The van der Waals surface area contributed by atoms with Gasteiger partial charge in [0.15, 0.2) is 11.8 Å². The highest BCUT2D eigenvalue weighted by atomic mass is 79.9. The lowest BCUT2D eigenvalue weighted by atomic mass is 10.4.